The van der Waals surface area contributed by atoms with E-state index in [1.807, 2.05) is 42.2 Å². The van der Waals surface area contributed by atoms with Gasteiger partial charge in [0.15, 0.2) is 0 Å². The number of amides is 3. The highest BCUT2D eigenvalue weighted by Gasteiger charge is 2.39. The van der Waals surface area contributed by atoms with Crippen LogP contribution in [0.2, 0.25) is 0 Å². The number of fused-ring (bicyclic) bond motifs is 1. The number of likely N-dealkylation sites (tertiary alicyclic amines) is 1. The summed E-state index contributed by atoms with van der Waals surface area (Å²) < 4.78 is 0. The number of hydrogen-bond donors (Lipinski definition) is 1. The number of benzene rings is 2. The standard InChI is InChI=1S/C28H26N4O3S/c33-25-11-10-24(27(34)30-25)32-15-20-13-21(8-9-23(20)28(32)35)36-22-16-31(17-22)26(18-5-2-1-3-6-18)19-7-4-12-29-14-19/h1-9,12-14,22,24,26H,10-11,15-17H2,(H,30,33,34). The molecule has 7 nitrogen and oxygen atoms in total. The number of nitrogens with zero attached hydrogens (tertiary/aromatic N) is 3. The quantitative estimate of drug-likeness (QED) is 0.525. The molecule has 0 bridgehead atoms. The van der Waals surface area contributed by atoms with Gasteiger partial charge in [0.2, 0.25) is 11.8 Å². The van der Waals surface area contributed by atoms with Crippen molar-refractivity contribution in [2.24, 2.45) is 0 Å². The lowest BCUT2D eigenvalue weighted by Crippen LogP contribution is -2.52. The lowest BCUT2D eigenvalue weighted by molar-refractivity contribution is -0.136. The number of hydrogen-bond acceptors (Lipinski definition) is 6. The van der Waals surface area contributed by atoms with Crippen LogP contribution < -0.4 is 5.32 Å². The Bertz CT molecular complexity index is 1270. The summed E-state index contributed by atoms with van der Waals surface area (Å²) in [6.45, 7) is 2.32. The molecular weight excluding hydrogens is 472 g/mol. The van der Waals surface area contributed by atoms with E-state index in [1.54, 1.807) is 11.1 Å². The number of rotatable bonds is 6. The summed E-state index contributed by atoms with van der Waals surface area (Å²) >= 11 is 1.84. The molecule has 3 aliphatic heterocycles. The summed E-state index contributed by atoms with van der Waals surface area (Å²) in [6.07, 6.45) is 4.40. The SMILES string of the molecule is O=C1CCC(N2Cc3cc(SC4CN(C(c5ccccc5)c5cccnc5)C4)ccc3C2=O)C(=O)N1. The molecule has 3 amide bonds. The van der Waals surface area contributed by atoms with Gasteiger partial charge in [-0.25, -0.2) is 0 Å². The van der Waals surface area contributed by atoms with Crippen molar-refractivity contribution in [3.05, 3.63) is 95.3 Å². The number of piperidine rings is 1. The first kappa shape index (κ1) is 22.9. The fraction of sp³-hybridized carbons (Fsp3) is 0.286. The Kier molecular flexibility index (Phi) is 6.07. The van der Waals surface area contributed by atoms with Crippen LogP contribution in [0.25, 0.3) is 0 Å². The van der Waals surface area contributed by atoms with Gasteiger partial charge in [0.1, 0.15) is 6.04 Å². The van der Waals surface area contributed by atoms with Crippen LogP contribution in [0.15, 0.2) is 78.0 Å². The average molecular weight is 499 g/mol. The lowest BCUT2D eigenvalue weighted by atomic mass is 9.95. The van der Waals surface area contributed by atoms with Crippen LogP contribution in [-0.2, 0) is 16.1 Å². The van der Waals surface area contributed by atoms with Gasteiger partial charge in [0, 0.05) is 54.2 Å². The second-order valence-corrected chi connectivity index (χ2v) is 10.9. The van der Waals surface area contributed by atoms with Crippen molar-refractivity contribution in [3.63, 3.8) is 0 Å². The zero-order valence-corrected chi connectivity index (χ0v) is 20.5. The molecular formula is C28H26N4O3S. The van der Waals surface area contributed by atoms with Crippen molar-refractivity contribution < 1.29 is 14.4 Å². The summed E-state index contributed by atoms with van der Waals surface area (Å²) in [7, 11) is 0. The van der Waals surface area contributed by atoms with Crippen LogP contribution in [0, 0.1) is 0 Å². The second-order valence-electron chi connectivity index (χ2n) is 9.51. The molecule has 0 spiro atoms. The number of carbonyl (C=O) groups excluding carboxylic acids is 3. The van der Waals surface area contributed by atoms with E-state index in [9.17, 15) is 14.4 Å². The molecule has 8 heteroatoms. The molecule has 4 heterocycles. The van der Waals surface area contributed by atoms with Crippen molar-refractivity contribution in [2.45, 2.75) is 41.6 Å². The molecule has 36 heavy (non-hydrogen) atoms. The van der Waals surface area contributed by atoms with E-state index in [4.69, 9.17) is 0 Å². The third-order valence-electron chi connectivity index (χ3n) is 7.15. The first-order valence-corrected chi connectivity index (χ1v) is 13.1. The monoisotopic (exact) mass is 498 g/mol. The van der Waals surface area contributed by atoms with Crippen LogP contribution in [0.3, 0.4) is 0 Å². The van der Waals surface area contributed by atoms with Crippen molar-refractivity contribution in [1.29, 1.82) is 0 Å². The summed E-state index contributed by atoms with van der Waals surface area (Å²) in [5.74, 6) is -0.780. The minimum absolute atomic E-state index is 0.131. The third kappa shape index (κ3) is 4.31. The van der Waals surface area contributed by atoms with Crippen LogP contribution in [-0.4, -0.2) is 56.9 Å². The molecule has 2 saturated heterocycles. The maximum Gasteiger partial charge on any atom is 0.255 e. The van der Waals surface area contributed by atoms with Gasteiger partial charge in [0.05, 0.1) is 6.04 Å². The fourth-order valence-electron chi connectivity index (χ4n) is 5.36. The summed E-state index contributed by atoms with van der Waals surface area (Å²) in [5.41, 5.74) is 4.05. The van der Waals surface area contributed by atoms with Gasteiger partial charge in [-0.3, -0.25) is 29.6 Å². The Morgan fingerprint density at radius 3 is 2.53 bits per heavy atom. The highest BCUT2D eigenvalue weighted by molar-refractivity contribution is 8.00. The van der Waals surface area contributed by atoms with Gasteiger partial charge in [0.25, 0.3) is 5.91 Å². The Morgan fingerprint density at radius 1 is 0.972 bits per heavy atom. The molecule has 1 N–H and O–H groups in total. The molecule has 2 aromatic carbocycles. The number of pyridine rings is 1. The van der Waals surface area contributed by atoms with Crippen molar-refractivity contribution in [2.75, 3.05) is 13.1 Å². The molecule has 3 aliphatic rings. The number of imide groups is 1. The molecule has 2 unspecified atom stereocenters. The van der Waals surface area contributed by atoms with Crippen LogP contribution in [0.4, 0.5) is 0 Å². The Hall–Kier alpha value is -3.49. The van der Waals surface area contributed by atoms with E-state index in [1.165, 1.54) is 11.1 Å². The number of carbonyl (C=O) groups is 3. The molecule has 3 aromatic rings. The van der Waals surface area contributed by atoms with Crippen LogP contribution in [0.5, 0.6) is 0 Å². The average Bonchev–Trinajstić information content (AvgIpc) is 3.19. The zero-order valence-electron chi connectivity index (χ0n) is 19.7. The van der Waals surface area contributed by atoms with Crippen molar-refractivity contribution in [1.82, 2.24) is 20.1 Å². The smallest absolute Gasteiger partial charge is 0.255 e. The van der Waals surface area contributed by atoms with Gasteiger partial charge in [-0.1, -0.05) is 36.4 Å². The number of thioether (sulfide) groups is 1. The maximum absolute atomic E-state index is 13.0. The van der Waals surface area contributed by atoms with E-state index in [-0.39, 0.29) is 30.2 Å². The van der Waals surface area contributed by atoms with Gasteiger partial charge >= 0.3 is 0 Å². The molecule has 1 aromatic heterocycles. The van der Waals surface area contributed by atoms with Crippen LogP contribution >= 0.6 is 11.8 Å². The second kappa shape index (κ2) is 9.52. The minimum atomic E-state index is -0.582. The first-order valence-electron chi connectivity index (χ1n) is 12.2. The van der Waals surface area contributed by atoms with E-state index in [0.717, 1.165) is 23.5 Å². The predicted octanol–water partition coefficient (Wildman–Crippen LogP) is 3.41. The normalized spacial score (nSPS) is 21.2. The molecule has 0 saturated carbocycles. The summed E-state index contributed by atoms with van der Waals surface area (Å²) in [5, 5.41) is 2.81. The Morgan fingerprint density at radius 2 is 1.78 bits per heavy atom. The fourth-order valence-corrected chi connectivity index (χ4v) is 6.63. The van der Waals surface area contributed by atoms with E-state index in [0.29, 0.717) is 23.8 Å². The molecule has 6 rings (SSSR count). The number of aromatic nitrogens is 1. The van der Waals surface area contributed by atoms with Gasteiger partial charge in [-0.05, 0) is 47.4 Å². The van der Waals surface area contributed by atoms with Gasteiger partial charge in [-0.2, -0.15) is 0 Å². The largest absolute Gasteiger partial charge is 0.322 e. The third-order valence-corrected chi connectivity index (χ3v) is 8.31. The first-order chi connectivity index (χ1) is 17.6. The topological polar surface area (TPSA) is 82.6 Å². The number of nitrogens with one attached hydrogen (secondary N) is 1. The molecule has 2 atom stereocenters. The molecule has 0 radical (unpaired) electrons. The zero-order chi connectivity index (χ0) is 24.6. The van der Waals surface area contributed by atoms with Crippen molar-refractivity contribution in [3.8, 4) is 0 Å². The molecule has 2 fully saturated rings. The minimum Gasteiger partial charge on any atom is -0.322 e. The molecule has 182 valence electrons. The summed E-state index contributed by atoms with van der Waals surface area (Å²) in [4.78, 5) is 46.3. The Labute approximate surface area is 213 Å². The van der Waals surface area contributed by atoms with Gasteiger partial charge in [-0.15, -0.1) is 11.8 Å². The summed E-state index contributed by atoms with van der Waals surface area (Å²) in [6, 6.07) is 20.2. The predicted molar refractivity (Wildman–Crippen MR) is 136 cm³/mol. The maximum atomic E-state index is 13.0. The Balaban J connectivity index is 1.12. The van der Waals surface area contributed by atoms with E-state index >= 15 is 0 Å². The molecule has 0 aliphatic carbocycles. The highest BCUT2D eigenvalue weighted by atomic mass is 32.2. The lowest BCUT2D eigenvalue weighted by Gasteiger charge is -2.44. The highest BCUT2D eigenvalue weighted by Crippen LogP contribution is 2.39. The van der Waals surface area contributed by atoms with E-state index in [2.05, 4.69) is 51.6 Å². The van der Waals surface area contributed by atoms with E-state index < -0.39 is 6.04 Å². The van der Waals surface area contributed by atoms with Crippen LogP contribution in [0.1, 0.15) is 45.9 Å². The van der Waals surface area contributed by atoms with Gasteiger partial charge < -0.3 is 4.90 Å². The van der Waals surface area contributed by atoms with Crippen molar-refractivity contribution >= 4 is 29.5 Å².